The molecule has 0 aromatic heterocycles. The number of benzene rings is 1. The van der Waals surface area contributed by atoms with Crippen molar-refractivity contribution < 1.29 is 4.74 Å². The summed E-state index contributed by atoms with van der Waals surface area (Å²) < 4.78 is 5.29. The van der Waals surface area contributed by atoms with Crippen LogP contribution in [0.4, 0.5) is 0 Å². The largest absolute Gasteiger partial charge is 0.496 e. The predicted molar refractivity (Wildman–Crippen MR) is 66.7 cm³/mol. The Labute approximate surface area is 102 Å². The number of ether oxygens (including phenoxy) is 1. The molecule has 90 valence electrons. The third-order valence-electron chi connectivity index (χ3n) is 3.41. The molecule has 3 heteroatoms. The molecule has 1 fully saturated rings. The van der Waals surface area contributed by atoms with Crippen LogP contribution in [0, 0.1) is 23.2 Å². The van der Waals surface area contributed by atoms with Crippen LogP contribution in [0.1, 0.15) is 24.5 Å². The molecule has 17 heavy (non-hydrogen) atoms. The van der Waals surface area contributed by atoms with E-state index in [9.17, 15) is 0 Å². The standard InChI is InChI=1S/C14H18N2O/c1-10-5-12(10)8-16-9-13-6-11(7-15)3-4-14(13)17-2/h3-4,6,10,12,16H,5,8-9H2,1-2H3. The molecule has 1 aromatic carbocycles. The van der Waals surface area contributed by atoms with E-state index in [2.05, 4.69) is 18.3 Å². The van der Waals surface area contributed by atoms with E-state index in [0.717, 1.165) is 36.2 Å². The van der Waals surface area contributed by atoms with Crippen molar-refractivity contribution in [1.82, 2.24) is 5.32 Å². The van der Waals surface area contributed by atoms with Gasteiger partial charge in [0, 0.05) is 12.1 Å². The Kier molecular flexibility index (Phi) is 3.65. The fraction of sp³-hybridized carbons (Fsp3) is 0.500. The normalized spacial score (nSPS) is 21.9. The molecule has 0 radical (unpaired) electrons. The molecule has 0 heterocycles. The van der Waals surface area contributed by atoms with Gasteiger partial charge in [-0.15, -0.1) is 0 Å². The first-order valence-corrected chi connectivity index (χ1v) is 6.02. The minimum atomic E-state index is 0.683. The maximum Gasteiger partial charge on any atom is 0.123 e. The molecular weight excluding hydrogens is 212 g/mol. The summed E-state index contributed by atoms with van der Waals surface area (Å²) in [6.45, 7) is 4.10. The van der Waals surface area contributed by atoms with Gasteiger partial charge < -0.3 is 10.1 Å². The van der Waals surface area contributed by atoms with E-state index in [4.69, 9.17) is 10.00 Å². The number of nitriles is 1. The van der Waals surface area contributed by atoms with Gasteiger partial charge in [-0.05, 0) is 43.0 Å². The molecular formula is C14H18N2O. The van der Waals surface area contributed by atoms with Crippen molar-refractivity contribution in [2.24, 2.45) is 11.8 Å². The van der Waals surface area contributed by atoms with Gasteiger partial charge >= 0.3 is 0 Å². The Morgan fingerprint density at radius 1 is 1.53 bits per heavy atom. The van der Waals surface area contributed by atoms with E-state index in [1.165, 1.54) is 6.42 Å². The molecule has 2 rings (SSSR count). The van der Waals surface area contributed by atoms with Crippen molar-refractivity contribution in [1.29, 1.82) is 5.26 Å². The molecule has 0 bridgehead atoms. The molecule has 0 saturated heterocycles. The van der Waals surface area contributed by atoms with Crippen LogP contribution >= 0.6 is 0 Å². The van der Waals surface area contributed by atoms with E-state index >= 15 is 0 Å². The van der Waals surface area contributed by atoms with E-state index in [-0.39, 0.29) is 0 Å². The highest BCUT2D eigenvalue weighted by atomic mass is 16.5. The number of methoxy groups -OCH3 is 1. The average molecular weight is 230 g/mol. The molecule has 1 aliphatic carbocycles. The average Bonchev–Trinajstić information content (AvgIpc) is 3.05. The van der Waals surface area contributed by atoms with Crippen LogP contribution in [-0.4, -0.2) is 13.7 Å². The summed E-state index contributed by atoms with van der Waals surface area (Å²) in [4.78, 5) is 0. The van der Waals surface area contributed by atoms with E-state index < -0.39 is 0 Å². The highest BCUT2D eigenvalue weighted by Crippen LogP contribution is 2.36. The van der Waals surface area contributed by atoms with E-state index in [1.54, 1.807) is 13.2 Å². The van der Waals surface area contributed by atoms with Crippen molar-refractivity contribution in [3.8, 4) is 11.8 Å². The molecule has 1 N–H and O–H groups in total. The lowest BCUT2D eigenvalue weighted by Gasteiger charge is -2.09. The maximum absolute atomic E-state index is 8.87. The molecule has 2 unspecified atom stereocenters. The van der Waals surface area contributed by atoms with Crippen molar-refractivity contribution in [3.05, 3.63) is 29.3 Å². The van der Waals surface area contributed by atoms with Crippen LogP contribution in [0.2, 0.25) is 0 Å². The summed E-state index contributed by atoms with van der Waals surface area (Å²) >= 11 is 0. The molecule has 1 aliphatic rings. The Bertz CT molecular complexity index is 436. The topological polar surface area (TPSA) is 45.0 Å². The molecule has 2 atom stereocenters. The number of nitrogens with one attached hydrogen (secondary N) is 1. The SMILES string of the molecule is COc1ccc(C#N)cc1CNCC1CC1C. The summed E-state index contributed by atoms with van der Waals surface area (Å²) in [7, 11) is 1.66. The van der Waals surface area contributed by atoms with Crippen LogP contribution < -0.4 is 10.1 Å². The lowest BCUT2D eigenvalue weighted by Crippen LogP contribution is -2.17. The Morgan fingerprint density at radius 2 is 2.29 bits per heavy atom. The Morgan fingerprint density at radius 3 is 2.88 bits per heavy atom. The summed E-state index contributed by atoms with van der Waals surface area (Å²) in [6, 6.07) is 7.68. The fourth-order valence-corrected chi connectivity index (χ4v) is 2.06. The minimum Gasteiger partial charge on any atom is -0.496 e. The predicted octanol–water partition coefficient (Wildman–Crippen LogP) is 2.31. The molecule has 1 saturated carbocycles. The molecule has 0 amide bonds. The first kappa shape index (κ1) is 11.9. The van der Waals surface area contributed by atoms with Gasteiger partial charge in [0.2, 0.25) is 0 Å². The quantitative estimate of drug-likeness (QED) is 0.844. The van der Waals surface area contributed by atoms with Crippen molar-refractivity contribution in [2.45, 2.75) is 19.9 Å². The maximum atomic E-state index is 8.87. The second kappa shape index (κ2) is 5.20. The van der Waals surface area contributed by atoms with Crippen LogP contribution in [0.15, 0.2) is 18.2 Å². The number of hydrogen-bond acceptors (Lipinski definition) is 3. The molecule has 1 aromatic rings. The van der Waals surface area contributed by atoms with Gasteiger partial charge in [0.25, 0.3) is 0 Å². The monoisotopic (exact) mass is 230 g/mol. The second-order valence-corrected chi connectivity index (χ2v) is 4.74. The highest BCUT2D eigenvalue weighted by molar-refractivity contribution is 5.41. The van der Waals surface area contributed by atoms with Gasteiger partial charge in [0.05, 0.1) is 18.7 Å². The zero-order valence-corrected chi connectivity index (χ0v) is 10.4. The fourth-order valence-electron chi connectivity index (χ4n) is 2.06. The minimum absolute atomic E-state index is 0.683. The number of rotatable bonds is 5. The third-order valence-corrected chi connectivity index (χ3v) is 3.41. The zero-order valence-electron chi connectivity index (χ0n) is 10.4. The van der Waals surface area contributed by atoms with Gasteiger partial charge in [0.1, 0.15) is 5.75 Å². The van der Waals surface area contributed by atoms with E-state index in [0.29, 0.717) is 5.56 Å². The van der Waals surface area contributed by atoms with Gasteiger partial charge in [-0.3, -0.25) is 0 Å². The molecule has 3 nitrogen and oxygen atoms in total. The van der Waals surface area contributed by atoms with Crippen LogP contribution in [0.3, 0.4) is 0 Å². The molecule has 0 spiro atoms. The zero-order chi connectivity index (χ0) is 12.3. The summed E-state index contributed by atoms with van der Waals surface area (Å²) in [6.07, 6.45) is 1.34. The van der Waals surface area contributed by atoms with Gasteiger partial charge in [-0.25, -0.2) is 0 Å². The van der Waals surface area contributed by atoms with Gasteiger partial charge in [0.15, 0.2) is 0 Å². The van der Waals surface area contributed by atoms with Crippen LogP contribution in [0.25, 0.3) is 0 Å². The van der Waals surface area contributed by atoms with Crippen LogP contribution in [-0.2, 0) is 6.54 Å². The van der Waals surface area contributed by atoms with Gasteiger partial charge in [-0.2, -0.15) is 5.26 Å². The second-order valence-electron chi connectivity index (χ2n) is 4.74. The first-order chi connectivity index (χ1) is 8.24. The van der Waals surface area contributed by atoms with Crippen molar-refractivity contribution in [2.75, 3.05) is 13.7 Å². The number of hydrogen-bond donors (Lipinski definition) is 1. The smallest absolute Gasteiger partial charge is 0.123 e. The third kappa shape index (κ3) is 2.98. The summed E-state index contributed by atoms with van der Waals surface area (Å²) in [5.74, 6) is 2.55. The lowest BCUT2D eigenvalue weighted by molar-refractivity contribution is 0.407. The van der Waals surface area contributed by atoms with Crippen LogP contribution in [0.5, 0.6) is 5.75 Å². The number of nitrogens with zero attached hydrogens (tertiary/aromatic N) is 1. The molecule has 0 aliphatic heterocycles. The lowest BCUT2D eigenvalue weighted by atomic mass is 10.1. The van der Waals surface area contributed by atoms with E-state index in [1.807, 2.05) is 12.1 Å². The van der Waals surface area contributed by atoms with Gasteiger partial charge in [-0.1, -0.05) is 6.92 Å². The van der Waals surface area contributed by atoms with Crippen molar-refractivity contribution in [3.63, 3.8) is 0 Å². The highest BCUT2D eigenvalue weighted by Gasteiger charge is 2.31. The summed E-state index contributed by atoms with van der Waals surface area (Å²) in [5.41, 5.74) is 1.74. The van der Waals surface area contributed by atoms with Crippen molar-refractivity contribution >= 4 is 0 Å². The Hall–Kier alpha value is -1.53. The summed E-state index contributed by atoms with van der Waals surface area (Å²) in [5, 5.41) is 12.3. The first-order valence-electron chi connectivity index (χ1n) is 6.02. The Balaban J connectivity index is 1.95.